The van der Waals surface area contributed by atoms with Crippen LogP contribution in [0.3, 0.4) is 0 Å². The Kier molecular flexibility index (Phi) is 4.56. The Morgan fingerprint density at radius 2 is 0.961 bits per heavy atom. The van der Waals surface area contributed by atoms with E-state index in [4.69, 9.17) is 19.2 Å². The average Bonchev–Trinajstić information content (AvgIpc) is 3.71. The molecule has 0 saturated heterocycles. The summed E-state index contributed by atoms with van der Waals surface area (Å²) < 4.78 is 25.1. The van der Waals surface area contributed by atoms with E-state index in [1.165, 1.54) is 22.1 Å². The van der Waals surface area contributed by atoms with Crippen LogP contribution < -0.4 is 30.6 Å². The first-order valence-corrected chi connectivity index (χ1v) is 17.3. The Hall–Kier alpha value is -6.73. The van der Waals surface area contributed by atoms with Crippen LogP contribution in [0, 0.1) is 0 Å². The summed E-state index contributed by atoms with van der Waals surface area (Å²) in [4.78, 5) is 5.14. The van der Waals surface area contributed by atoms with Crippen molar-refractivity contribution < 1.29 is 14.2 Å². The molecule has 1 spiro atoms. The van der Waals surface area contributed by atoms with Gasteiger partial charge in [-0.2, -0.15) is 0 Å². The quantitative estimate of drug-likeness (QED) is 0.169. The molecule has 0 bridgehead atoms. The summed E-state index contributed by atoms with van der Waals surface area (Å²) in [6, 6.07) is 51.1. The van der Waals surface area contributed by atoms with Crippen molar-refractivity contribution in [1.82, 2.24) is 14.0 Å². The van der Waals surface area contributed by atoms with Gasteiger partial charge < -0.3 is 14.2 Å². The summed E-state index contributed by atoms with van der Waals surface area (Å²) in [5, 5.41) is 0. The molecule has 6 heterocycles. The van der Waals surface area contributed by atoms with Crippen molar-refractivity contribution in [1.29, 1.82) is 0 Å². The molecule has 0 fully saturated rings. The Morgan fingerprint density at radius 1 is 0.451 bits per heavy atom. The molecule has 0 saturated carbocycles. The maximum atomic E-state index is 7.03. The highest BCUT2D eigenvalue weighted by Crippen LogP contribution is 2.57. The summed E-state index contributed by atoms with van der Waals surface area (Å²) in [6.45, 7) is -0.0628. The van der Waals surface area contributed by atoms with Gasteiger partial charge in [0, 0.05) is 28.7 Å². The number of hydrogen-bond donors (Lipinski definition) is 0. The fourth-order valence-corrected chi connectivity index (χ4v) is 9.68. The van der Waals surface area contributed by atoms with Gasteiger partial charge in [-0.3, -0.25) is 8.97 Å². The van der Waals surface area contributed by atoms with Gasteiger partial charge in [0.1, 0.15) is 34.5 Å². The van der Waals surface area contributed by atoms with Gasteiger partial charge in [-0.15, -0.1) is 0 Å². The van der Waals surface area contributed by atoms with E-state index in [2.05, 4.69) is 136 Å². The smallest absolute Gasteiger partial charge is 0.261 e. The molecule has 0 aliphatic carbocycles. The summed E-state index contributed by atoms with van der Waals surface area (Å²) >= 11 is 0. The van der Waals surface area contributed by atoms with E-state index in [0.29, 0.717) is 0 Å². The minimum atomic E-state index is -0.626. The van der Waals surface area contributed by atoms with Gasteiger partial charge in [0.2, 0.25) is 5.78 Å². The maximum Gasteiger partial charge on any atom is 0.261 e. The van der Waals surface area contributed by atoms with Gasteiger partial charge in [0.05, 0.1) is 33.2 Å². The molecule has 0 atom stereocenters. The lowest BCUT2D eigenvalue weighted by molar-refractivity contribution is 0.431. The van der Waals surface area contributed by atoms with E-state index in [1.807, 2.05) is 18.2 Å². The molecule has 4 aliphatic heterocycles. The van der Waals surface area contributed by atoms with Gasteiger partial charge >= 0.3 is 0 Å². The van der Waals surface area contributed by atoms with Gasteiger partial charge in [-0.05, 0) is 70.6 Å². The van der Waals surface area contributed by atoms with Gasteiger partial charge in [-0.1, -0.05) is 84.9 Å². The highest BCUT2D eigenvalue weighted by Gasteiger charge is 2.56. The second-order valence-corrected chi connectivity index (χ2v) is 13.8. The van der Waals surface area contributed by atoms with Crippen LogP contribution in [0.25, 0.3) is 33.5 Å². The maximum absolute atomic E-state index is 7.03. The van der Waals surface area contributed by atoms with Crippen LogP contribution in [0.4, 0.5) is 0 Å². The molecule has 0 amide bonds. The molecule has 6 nitrogen and oxygen atoms in total. The lowest BCUT2D eigenvalue weighted by Crippen LogP contribution is -2.65. The number of imidazole rings is 2. The Balaban J connectivity index is 1.12. The molecular formula is C44H24BN3O3. The molecule has 0 N–H and O–H groups in total. The zero-order chi connectivity index (χ0) is 33.0. The Morgan fingerprint density at radius 3 is 1.63 bits per heavy atom. The summed E-state index contributed by atoms with van der Waals surface area (Å²) in [7, 11) is 0. The molecule has 0 unspecified atom stereocenters. The lowest BCUT2D eigenvalue weighted by atomic mass is 9.29. The van der Waals surface area contributed by atoms with Crippen LogP contribution in [0.2, 0.25) is 0 Å². The van der Waals surface area contributed by atoms with Crippen LogP contribution in [0.1, 0.15) is 22.3 Å². The van der Waals surface area contributed by atoms with Crippen LogP contribution in [-0.4, -0.2) is 20.7 Å². The minimum absolute atomic E-state index is 0.0628. The summed E-state index contributed by atoms with van der Waals surface area (Å²) in [5.41, 5.74) is 12.6. The molecule has 7 heteroatoms. The predicted octanol–water partition coefficient (Wildman–Crippen LogP) is 7.96. The van der Waals surface area contributed by atoms with Crippen molar-refractivity contribution >= 4 is 50.9 Å². The molecule has 236 valence electrons. The number of aromatic nitrogens is 3. The van der Waals surface area contributed by atoms with E-state index in [0.717, 1.165) is 84.6 Å². The topological polar surface area (TPSA) is 49.9 Å². The zero-order valence-electron chi connectivity index (χ0n) is 27.0. The number of benzene rings is 7. The lowest BCUT2D eigenvalue weighted by Gasteiger charge is -2.49. The third-order valence-electron chi connectivity index (χ3n) is 11.5. The van der Waals surface area contributed by atoms with E-state index in [1.54, 1.807) is 0 Å². The monoisotopic (exact) mass is 653 g/mol. The molecule has 4 aliphatic rings. The van der Waals surface area contributed by atoms with Gasteiger partial charge in [0.15, 0.2) is 0 Å². The second-order valence-electron chi connectivity index (χ2n) is 13.8. The Bertz CT molecular complexity index is 2920. The van der Waals surface area contributed by atoms with Crippen molar-refractivity contribution in [2.45, 2.75) is 5.41 Å². The standard InChI is InChI=1S/C44H24BN3O3/c1-7-19-34-26(11-1)44(27-12-2-8-20-35(27)49-34)28-13-9-21-36-40(28)45-41-29(44)14-10-22-37(41)51-39-24-25(23-38(50-36)42(39)45)47-32-17-5-6-18-33(32)48-31-16-4-3-15-30(31)46-43(47)48/h1-24H. The fourth-order valence-electron chi connectivity index (χ4n) is 9.68. The summed E-state index contributed by atoms with van der Waals surface area (Å²) in [5.74, 6) is 5.90. The number of fused-ring (bicyclic) bond motifs is 11. The van der Waals surface area contributed by atoms with E-state index in [9.17, 15) is 0 Å². The molecule has 7 aromatic carbocycles. The highest BCUT2D eigenvalue weighted by molar-refractivity contribution is 6.99. The molecular weight excluding hydrogens is 629 g/mol. The van der Waals surface area contributed by atoms with E-state index < -0.39 is 5.41 Å². The number of rotatable bonds is 1. The second kappa shape index (κ2) is 8.89. The van der Waals surface area contributed by atoms with Crippen molar-refractivity contribution in [3.63, 3.8) is 0 Å². The van der Waals surface area contributed by atoms with Crippen molar-refractivity contribution in [3.8, 4) is 40.2 Å². The Labute approximate surface area is 291 Å². The van der Waals surface area contributed by atoms with Crippen molar-refractivity contribution in [3.05, 3.63) is 168 Å². The van der Waals surface area contributed by atoms with Crippen molar-refractivity contribution in [2.75, 3.05) is 0 Å². The molecule has 51 heavy (non-hydrogen) atoms. The van der Waals surface area contributed by atoms with Crippen molar-refractivity contribution in [2.24, 2.45) is 0 Å². The SMILES string of the molecule is c1ccc2c(c1)Oc1ccccc1C21c2cccc3c2B2c4c(cc(-n5c6ccccc6n6c7ccccc7nc56)cc4Oc4cccc1c42)O3. The third kappa shape index (κ3) is 2.98. The largest absolute Gasteiger partial charge is 0.458 e. The average molecular weight is 654 g/mol. The number of ether oxygens (including phenoxy) is 3. The van der Waals surface area contributed by atoms with E-state index in [-0.39, 0.29) is 6.71 Å². The normalized spacial score (nSPS) is 14.9. The highest BCUT2D eigenvalue weighted by atomic mass is 16.5. The first-order chi connectivity index (χ1) is 25.3. The molecule has 2 aromatic heterocycles. The van der Waals surface area contributed by atoms with Crippen LogP contribution >= 0.6 is 0 Å². The number of hydrogen-bond acceptors (Lipinski definition) is 4. The predicted molar refractivity (Wildman–Crippen MR) is 199 cm³/mol. The van der Waals surface area contributed by atoms with Crippen LogP contribution in [0.5, 0.6) is 34.5 Å². The first kappa shape index (κ1) is 26.2. The van der Waals surface area contributed by atoms with Crippen LogP contribution in [0.15, 0.2) is 146 Å². The summed E-state index contributed by atoms with van der Waals surface area (Å²) in [6.07, 6.45) is 0. The fraction of sp³-hybridized carbons (Fsp3) is 0.0227. The van der Waals surface area contributed by atoms with Gasteiger partial charge in [-0.25, -0.2) is 4.98 Å². The minimum Gasteiger partial charge on any atom is -0.458 e. The van der Waals surface area contributed by atoms with Gasteiger partial charge in [0.25, 0.3) is 6.71 Å². The number of para-hydroxylation sites is 6. The number of nitrogens with zero attached hydrogens (tertiary/aromatic N) is 3. The first-order valence-electron chi connectivity index (χ1n) is 17.3. The molecule has 9 aromatic rings. The zero-order valence-corrected chi connectivity index (χ0v) is 27.0. The van der Waals surface area contributed by atoms with E-state index >= 15 is 0 Å². The molecule has 0 radical (unpaired) electrons. The van der Waals surface area contributed by atoms with Crippen LogP contribution in [-0.2, 0) is 5.41 Å². The third-order valence-corrected chi connectivity index (χ3v) is 11.5. The molecule has 13 rings (SSSR count).